The molecule has 0 aromatic heterocycles. The molecule has 1 heterocycles. The van der Waals surface area contributed by atoms with E-state index >= 15 is 0 Å². The number of nitrogens with zero attached hydrogens (tertiary/aromatic N) is 2. The molecule has 1 N–H and O–H groups in total. The van der Waals surface area contributed by atoms with Crippen molar-refractivity contribution in [2.45, 2.75) is 18.9 Å². The highest BCUT2D eigenvalue weighted by atomic mass is 35.5. The average molecular weight is 359 g/mol. The third-order valence-electron chi connectivity index (χ3n) is 5.02. The fourth-order valence-corrected chi connectivity index (χ4v) is 3.70. The van der Waals surface area contributed by atoms with Crippen LogP contribution in [0.5, 0.6) is 0 Å². The lowest BCUT2D eigenvalue weighted by atomic mass is 9.87. The van der Waals surface area contributed by atoms with Crippen LogP contribution >= 0.6 is 11.6 Å². The van der Waals surface area contributed by atoms with E-state index in [4.69, 9.17) is 16.7 Å². The molecule has 0 radical (unpaired) electrons. The molecule has 1 saturated heterocycles. The van der Waals surface area contributed by atoms with Crippen molar-refractivity contribution in [2.75, 3.05) is 31.1 Å². The molecular weight excluding hydrogens is 336 g/mol. The third kappa shape index (κ3) is 3.97. The molecule has 1 fully saturated rings. The Morgan fingerprint density at radius 1 is 1.12 bits per heavy atom. The highest BCUT2D eigenvalue weighted by Gasteiger charge is 2.39. The number of piperazine rings is 1. The van der Waals surface area contributed by atoms with Crippen molar-refractivity contribution in [3.05, 3.63) is 65.2 Å². The zero-order valence-corrected chi connectivity index (χ0v) is 15.1. The monoisotopic (exact) mass is 358 g/mol. The van der Waals surface area contributed by atoms with Crippen LogP contribution in [0.2, 0.25) is 5.02 Å². The summed E-state index contributed by atoms with van der Waals surface area (Å²) in [5.41, 5.74) is 2.11. The van der Waals surface area contributed by atoms with Gasteiger partial charge in [0.2, 0.25) is 0 Å². The summed E-state index contributed by atoms with van der Waals surface area (Å²) < 4.78 is 0. The molecule has 1 aliphatic heterocycles. The van der Waals surface area contributed by atoms with Crippen LogP contribution in [0.1, 0.15) is 18.9 Å². The molecule has 0 saturated carbocycles. The number of rotatable bonds is 5. The van der Waals surface area contributed by atoms with Crippen LogP contribution in [0.15, 0.2) is 54.6 Å². The molecule has 25 heavy (non-hydrogen) atoms. The highest BCUT2D eigenvalue weighted by Crippen LogP contribution is 2.34. The van der Waals surface area contributed by atoms with Gasteiger partial charge < -0.3 is 10.0 Å². The fraction of sp³-hybridized carbons (Fsp3) is 0.350. The number of carbonyl (C=O) groups is 1. The molecule has 2 aromatic carbocycles. The van der Waals surface area contributed by atoms with Crippen LogP contribution in [0.3, 0.4) is 0 Å². The van der Waals surface area contributed by atoms with Crippen LogP contribution < -0.4 is 4.90 Å². The summed E-state index contributed by atoms with van der Waals surface area (Å²) in [7, 11) is 0. The smallest absolute Gasteiger partial charge is 0.304 e. The van der Waals surface area contributed by atoms with Gasteiger partial charge in [0.25, 0.3) is 0 Å². The van der Waals surface area contributed by atoms with E-state index in [1.54, 1.807) is 0 Å². The summed E-state index contributed by atoms with van der Waals surface area (Å²) in [6, 6.07) is 18.2. The Labute approximate surface area is 153 Å². The quantitative estimate of drug-likeness (QED) is 0.881. The lowest BCUT2D eigenvalue weighted by Gasteiger charge is -2.50. The van der Waals surface area contributed by atoms with Gasteiger partial charge >= 0.3 is 5.97 Å². The van der Waals surface area contributed by atoms with Crippen LogP contribution in [0.25, 0.3) is 0 Å². The summed E-state index contributed by atoms with van der Waals surface area (Å²) in [5, 5.41) is 9.82. The molecule has 2 aromatic rings. The lowest BCUT2D eigenvalue weighted by Crippen LogP contribution is -2.59. The van der Waals surface area contributed by atoms with Gasteiger partial charge in [0.1, 0.15) is 0 Å². The van der Waals surface area contributed by atoms with Gasteiger partial charge in [-0.3, -0.25) is 9.69 Å². The molecule has 1 unspecified atom stereocenters. The van der Waals surface area contributed by atoms with E-state index in [2.05, 4.69) is 28.9 Å². The van der Waals surface area contributed by atoms with Gasteiger partial charge in [-0.05, 0) is 36.8 Å². The van der Waals surface area contributed by atoms with Crippen molar-refractivity contribution in [3.63, 3.8) is 0 Å². The summed E-state index contributed by atoms with van der Waals surface area (Å²) in [6.07, 6.45) is 0.156. The molecule has 3 rings (SSSR count). The number of benzene rings is 2. The Hall–Kier alpha value is -2.04. The normalized spacial score (nSPS) is 21.3. The van der Waals surface area contributed by atoms with Crippen LogP contribution in [0.4, 0.5) is 5.69 Å². The number of carboxylic acids is 1. The Morgan fingerprint density at radius 2 is 1.80 bits per heavy atom. The first-order chi connectivity index (χ1) is 12.0. The number of aliphatic carboxylic acids is 1. The van der Waals surface area contributed by atoms with E-state index in [0.717, 1.165) is 30.3 Å². The summed E-state index contributed by atoms with van der Waals surface area (Å²) in [6.45, 7) is 5.24. The van der Waals surface area contributed by atoms with Gasteiger partial charge in [-0.25, -0.2) is 0 Å². The topological polar surface area (TPSA) is 43.8 Å². The molecule has 132 valence electrons. The number of hydrogen-bond donors (Lipinski definition) is 1. The number of halogens is 1. The third-order valence-corrected chi connectivity index (χ3v) is 5.27. The predicted molar refractivity (Wildman–Crippen MR) is 101 cm³/mol. The molecule has 5 heteroatoms. The molecule has 0 aliphatic carbocycles. The second-order valence-corrected chi connectivity index (χ2v) is 7.11. The summed E-state index contributed by atoms with van der Waals surface area (Å²) in [5.74, 6) is -0.754. The van der Waals surface area contributed by atoms with Crippen LogP contribution in [-0.2, 0) is 10.3 Å². The molecule has 1 atom stereocenters. The van der Waals surface area contributed by atoms with Gasteiger partial charge in [0, 0.05) is 36.9 Å². The van der Waals surface area contributed by atoms with E-state index in [1.807, 2.05) is 42.5 Å². The Balaban J connectivity index is 1.88. The molecular formula is C20H23ClN2O2. The van der Waals surface area contributed by atoms with Crippen molar-refractivity contribution in [3.8, 4) is 0 Å². The van der Waals surface area contributed by atoms with Crippen molar-refractivity contribution in [1.29, 1.82) is 0 Å². The SMILES string of the molecule is CC1(c2ccccc2)CN(c2ccc(Cl)cc2)CCN1CCC(=O)O. The van der Waals surface area contributed by atoms with Gasteiger partial charge in [-0.2, -0.15) is 0 Å². The standard InChI is InChI=1S/C20H23ClN2O2/c1-20(16-5-3-2-4-6-16)15-22(18-9-7-17(21)8-10-18)13-14-23(20)12-11-19(24)25/h2-10H,11-15H2,1H3,(H,24,25). The van der Waals surface area contributed by atoms with E-state index in [0.29, 0.717) is 6.54 Å². The predicted octanol–water partition coefficient (Wildman–Crippen LogP) is 3.85. The molecule has 0 spiro atoms. The maximum absolute atomic E-state index is 11.1. The first kappa shape index (κ1) is 17.8. The average Bonchev–Trinajstić information content (AvgIpc) is 2.62. The molecule has 0 bridgehead atoms. The summed E-state index contributed by atoms with van der Waals surface area (Å²) >= 11 is 6.01. The maximum atomic E-state index is 11.1. The Morgan fingerprint density at radius 3 is 2.44 bits per heavy atom. The minimum absolute atomic E-state index is 0.156. The van der Waals surface area contributed by atoms with Gasteiger partial charge in [-0.15, -0.1) is 0 Å². The first-order valence-electron chi connectivity index (χ1n) is 8.52. The second kappa shape index (κ2) is 7.46. The summed E-state index contributed by atoms with van der Waals surface area (Å²) in [4.78, 5) is 15.7. The fourth-order valence-electron chi connectivity index (χ4n) is 3.57. The molecule has 4 nitrogen and oxygen atoms in total. The first-order valence-corrected chi connectivity index (χ1v) is 8.90. The zero-order valence-electron chi connectivity index (χ0n) is 14.4. The largest absolute Gasteiger partial charge is 0.481 e. The molecule has 0 amide bonds. The second-order valence-electron chi connectivity index (χ2n) is 6.67. The minimum Gasteiger partial charge on any atom is -0.481 e. The van der Waals surface area contributed by atoms with Gasteiger partial charge in [-0.1, -0.05) is 41.9 Å². The van der Waals surface area contributed by atoms with Crippen LogP contribution in [-0.4, -0.2) is 42.2 Å². The van der Waals surface area contributed by atoms with E-state index < -0.39 is 5.97 Å². The highest BCUT2D eigenvalue weighted by molar-refractivity contribution is 6.30. The number of anilines is 1. The number of carboxylic acid groups (broad SMARTS) is 1. The van der Waals surface area contributed by atoms with Crippen molar-refractivity contribution < 1.29 is 9.90 Å². The van der Waals surface area contributed by atoms with Crippen molar-refractivity contribution in [2.24, 2.45) is 0 Å². The number of hydrogen-bond acceptors (Lipinski definition) is 3. The van der Waals surface area contributed by atoms with Crippen molar-refractivity contribution >= 4 is 23.3 Å². The minimum atomic E-state index is -0.754. The Kier molecular flexibility index (Phi) is 5.30. The van der Waals surface area contributed by atoms with E-state index in [-0.39, 0.29) is 12.0 Å². The van der Waals surface area contributed by atoms with Gasteiger partial charge in [0.05, 0.1) is 12.0 Å². The Bertz CT molecular complexity index is 720. The van der Waals surface area contributed by atoms with E-state index in [1.165, 1.54) is 5.56 Å². The zero-order chi connectivity index (χ0) is 17.9. The lowest BCUT2D eigenvalue weighted by molar-refractivity contribution is -0.137. The van der Waals surface area contributed by atoms with Crippen LogP contribution in [0, 0.1) is 0 Å². The maximum Gasteiger partial charge on any atom is 0.304 e. The van der Waals surface area contributed by atoms with E-state index in [9.17, 15) is 4.79 Å². The van der Waals surface area contributed by atoms with Gasteiger partial charge in [0.15, 0.2) is 0 Å². The molecule has 1 aliphatic rings. The van der Waals surface area contributed by atoms with Crippen molar-refractivity contribution in [1.82, 2.24) is 4.90 Å².